The van der Waals surface area contributed by atoms with Crippen molar-refractivity contribution in [1.29, 1.82) is 0 Å². The lowest BCUT2D eigenvalue weighted by atomic mass is 10.2. The number of aryl methyl sites for hydroxylation is 1. The molecule has 3 heterocycles. The van der Waals surface area contributed by atoms with Crippen molar-refractivity contribution in [2.45, 2.75) is 19.8 Å². The molecule has 7 nitrogen and oxygen atoms in total. The molecule has 2 aliphatic rings. The first-order chi connectivity index (χ1) is 8.66. The molecule has 2 saturated heterocycles. The van der Waals surface area contributed by atoms with Crippen molar-refractivity contribution in [3.05, 3.63) is 15.8 Å². The van der Waals surface area contributed by atoms with Crippen molar-refractivity contribution in [3.63, 3.8) is 0 Å². The lowest BCUT2D eigenvalue weighted by Crippen LogP contribution is -2.41. The van der Waals surface area contributed by atoms with Crippen LogP contribution in [0, 0.1) is 17.0 Å². The maximum atomic E-state index is 11.1. The molecule has 0 aromatic carbocycles. The van der Waals surface area contributed by atoms with Gasteiger partial charge in [-0.15, -0.1) is 0 Å². The number of hydrogen-bond donors (Lipinski definition) is 0. The Morgan fingerprint density at radius 2 is 1.72 bits per heavy atom. The zero-order valence-corrected chi connectivity index (χ0v) is 10.3. The molecule has 7 heteroatoms. The van der Waals surface area contributed by atoms with Gasteiger partial charge in [-0.25, -0.2) is 4.98 Å². The molecule has 0 N–H and O–H groups in total. The zero-order valence-electron chi connectivity index (χ0n) is 10.3. The van der Waals surface area contributed by atoms with E-state index < -0.39 is 0 Å². The Labute approximate surface area is 105 Å². The molecule has 1 aromatic rings. The monoisotopic (exact) mass is 249 g/mol. The van der Waals surface area contributed by atoms with Gasteiger partial charge in [-0.2, -0.15) is 4.98 Å². The lowest BCUT2D eigenvalue weighted by molar-refractivity contribution is -0.385. The highest BCUT2D eigenvalue weighted by Gasteiger charge is 2.31. The number of anilines is 2. The summed E-state index contributed by atoms with van der Waals surface area (Å²) in [7, 11) is 0. The van der Waals surface area contributed by atoms with Crippen molar-refractivity contribution in [3.8, 4) is 0 Å². The summed E-state index contributed by atoms with van der Waals surface area (Å²) in [6, 6.07) is 0. The minimum Gasteiger partial charge on any atom is -0.351 e. The van der Waals surface area contributed by atoms with Gasteiger partial charge in [-0.05, 0) is 19.8 Å². The van der Waals surface area contributed by atoms with E-state index in [1.54, 1.807) is 6.92 Å². The van der Waals surface area contributed by atoms with E-state index in [9.17, 15) is 10.1 Å². The first-order valence-electron chi connectivity index (χ1n) is 6.20. The summed E-state index contributed by atoms with van der Waals surface area (Å²) in [4.78, 5) is 23.4. The molecule has 0 aliphatic carbocycles. The van der Waals surface area contributed by atoms with Gasteiger partial charge in [0, 0.05) is 26.2 Å². The second-order valence-corrected chi connectivity index (χ2v) is 4.72. The summed E-state index contributed by atoms with van der Waals surface area (Å²) in [5.74, 6) is 1.12. The van der Waals surface area contributed by atoms with Crippen molar-refractivity contribution >= 4 is 17.5 Å². The average molecular weight is 249 g/mol. The minimum atomic E-state index is -0.372. The van der Waals surface area contributed by atoms with Crippen LogP contribution in [0.3, 0.4) is 0 Å². The third kappa shape index (κ3) is 1.66. The Morgan fingerprint density at radius 1 is 1.11 bits per heavy atom. The van der Waals surface area contributed by atoms with E-state index >= 15 is 0 Å². The molecule has 0 bridgehead atoms. The Balaban J connectivity index is 2.05. The maximum Gasteiger partial charge on any atom is 0.332 e. The summed E-state index contributed by atoms with van der Waals surface area (Å²) >= 11 is 0. The molecule has 18 heavy (non-hydrogen) atoms. The van der Waals surface area contributed by atoms with Crippen LogP contribution in [0.1, 0.15) is 18.5 Å². The second-order valence-electron chi connectivity index (χ2n) is 4.72. The maximum absolute atomic E-state index is 11.1. The van der Waals surface area contributed by atoms with Crippen LogP contribution in [0.2, 0.25) is 0 Å². The molecule has 0 unspecified atom stereocenters. The van der Waals surface area contributed by atoms with Crippen LogP contribution < -0.4 is 9.80 Å². The number of nitro groups is 1. The number of aromatic nitrogens is 2. The van der Waals surface area contributed by atoms with Gasteiger partial charge in [0.1, 0.15) is 5.69 Å². The van der Waals surface area contributed by atoms with E-state index in [1.165, 1.54) is 0 Å². The van der Waals surface area contributed by atoms with Crippen molar-refractivity contribution < 1.29 is 4.92 Å². The van der Waals surface area contributed by atoms with E-state index in [0.29, 0.717) is 17.5 Å². The number of nitrogens with zero attached hydrogens (tertiary/aromatic N) is 5. The van der Waals surface area contributed by atoms with Gasteiger partial charge < -0.3 is 9.80 Å². The van der Waals surface area contributed by atoms with E-state index in [1.807, 2.05) is 4.90 Å². The van der Waals surface area contributed by atoms with Gasteiger partial charge in [0.15, 0.2) is 0 Å². The van der Waals surface area contributed by atoms with Crippen LogP contribution in [-0.2, 0) is 0 Å². The Kier molecular flexibility index (Phi) is 2.53. The highest BCUT2D eigenvalue weighted by molar-refractivity contribution is 5.63. The average Bonchev–Trinajstić information content (AvgIpc) is 2.09. The second kappa shape index (κ2) is 4.08. The summed E-state index contributed by atoms with van der Waals surface area (Å²) < 4.78 is 0. The van der Waals surface area contributed by atoms with Crippen molar-refractivity contribution in [1.82, 2.24) is 9.97 Å². The Morgan fingerprint density at radius 3 is 2.17 bits per heavy atom. The van der Waals surface area contributed by atoms with Gasteiger partial charge in [0.2, 0.25) is 11.8 Å². The summed E-state index contributed by atoms with van der Waals surface area (Å²) in [5, 5.41) is 11.1. The Bertz CT molecular complexity index is 496. The van der Waals surface area contributed by atoms with Crippen LogP contribution in [0.25, 0.3) is 0 Å². The van der Waals surface area contributed by atoms with Gasteiger partial charge >= 0.3 is 5.69 Å². The minimum absolute atomic E-state index is 0.0546. The fraction of sp³-hybridized carbons (Fsp3) is 0.636. The standard InChI is InChI=1S/C11H15N5O2/c1-8-9(16(17)18)10(14-4-2-5-14)13-11(12-8)15-6-3-7-15/h2-7H2,1H3. The molecule has 2 fully saturated rings. The molecular weight excluding hydrogens is 234 g/mol. The third-order valence-corrected chi connectivity index (χ3v) is 3.51. The largest absolute Gasteiger partial charge is 0.351 e. The van der Waals surface area contributed by atoms with Crippen LogP contribution in [0.4, 0.5) is 17.5 Å². The molecule has 2 aliphatic heterocycles. The van der Waals surface area contributed by atoms with Gasteiger partial charge in [0.25, 0.3) is 0 Å². The number of hydrogen-bond acceptors (Lipinski definition) is 6. The number of rotatable bonds is 3. The summed E-state index contributed by atoms with van der Waals surface area (Å²) in [5.41, 5.74) is 0.512. The topological polar surface area (TPSA) is 75.4 Å². The smallest absolute Gasteiger partial charge is 0.332 e. The first-order valence-corrected chi connectivity index (χ1v) is 6.20. The Hall–Kier alpha value is -1.92. The van der Waals surface area contributed by atoms with Crippen LogP contribution >= 0.6 is 0 Å². The quantitative estimate of drug-likeness (QED) is 0.590. The van der Waals surface area contributed by atoms with E-state index in [-0.39, 0.29) is 10.6 Å². The highest BCUT2D eigenvalue weighted by atomic mass is 16.6. The summed E-state index contributed by atoms with van der Waals surface area (Å²) in [6.45, 7) is 5.26. The molecule has 0 saturated carbocycles. The lowest BCUT2D eigenvalue weighted by Gasteiger charge is -2.34. The molecule has 0 amide bonds. The third-order valence-electron chi connectivity index (χ3n) is 3.51. The first kappa shape index (κ1) is 11.2. The van der Waals surface area contributed by atoms with E-state index in [4.69, 9.17) is 0 Å². The van der Waals surface area contributed by atoms with Crippen LogP contribution in [-0.4, -0.2) is 41.1 Å². The van der Waals surface area contributed by atoms with Gasteiger partial charge in [0.05, 0.1) is 4.92 Å². The molecule has 0 atom stereocenters. The SMILES string of the molecule is Cc1nc(N2CCC2)nc(N2CCC2)c1[N+](=O)[O-]. The molecule has 96 valence electrons. The van der Waals surface area contributed by atoms with Crippen LogP contribution in [0.5, 0.6) is 0 Å². The molecular formula is C11H15N5O2. The van der Waals surface area contributed by atoms with Gasteiger partial charge in [-0.1, -0.05) is 0 Å². The van der Waals surface area contributed by atoms with Gasteiger partial charge in [-0.3, -0.25) is 10.1 Å². The van der Waals surface area contributed by atoms with Crippen molar-refractivity contribution in [2.24, 2.45) is 0 Å². The zero-order chi connectivity index (χ0) is 12.7. The van der Waals surface area contributed by atoms with Crippen molar-refractivity contribution in [2.75, 3.05) is 36.0 Å². The highest BCUT2D eigenvalue weighted by Crippen LogP contribution is 2.33. The predicted molar refractivity (Wildman–Crippen MR) is 67.1 cm³/mol. The fourth-order valence-electron chi connectivity index (χ4n) is 2.16. The molecule has 3 rings (SSSR count). The molecule has 0 spiro atoms. The van der Waals surface area contributed by atoms with E-state index in [2.05, 4.69) is 14.9 Å². The fourth-order valence-corrected chi connectivity index (χ4v) is 2.16. The molecule has 1 aromatic heterocycles. The van der Waals surface area contributed by atoms with E-state index in [0.717, 1.165) is 39.0 Å². The summed E-state index contributed by atoms with van der Waals surface area (Å²) in [6.07, 6.45) is 2.21. The predicted octanol–water partition coefficient (Wildman–Crippen LogP) is 1.11. The van der Waals surface area contributed by atoms with Crippen LogP contribution in [0.15, 0.2) is 0 Å². The normalized spacial score (nSPS) is 18.3. The molecule has 0 radical (unpaired) electrons.